The molecule has 0 saturated heterocycles. The van der Waals surface area contributed by atoms with E-state index in [4.69, 9.17) is 0 Å². The highest BCUT2D eigenvalue weighted by atomic mass is 19.3. The molecular formula is C9H14F2N2. The molecule has 0 N–H and O–H groups in total. The third kappa shape index (κ3) is 1.87. The van der Waals surface area contributed by atoms with Crippen molar-refractivity contribution in [3.8, 4) is 0 Å². The summed E-state index contributed by atoms with van der Waals surface area (Å²) in [6.07, 6.45) is -1.20. The van der Waals surface area contributed by atoms with Crippen LogP contribution in [-0.4, -0.2) is 9.78 Å². The summed E-state index contributed by atoms with van der Waals surface area (Å²) in [6.45, 7) is 5.70. The molecule has 1 aromatic rings. The van der Waals surface area contributed by atoms with Crippen molar-refractivity contribution in [1.82, 2.24) is 9.78 Å². The summed E-state index contributed by atoms with van der Waals surface area (Å²) in [4.78, 5) is 0. The van der Waals surface area contributed by atoms with Crippen LogP contribution in [0.15, 0.2) is 6.20 Å². The van der Waals surface area contributed by atoms with Gasteiger partial charge in [0.15, 0.2) is 0 Å². The summed E-state index contributed by atoms with van der Waals surface area (Å²) in [5, 5.41) is 3.84. The lowest BCUT2D eigenvalue weighted by Gasteiger charge is -2.20. The summed E-state index contributed by atoms with van der Waals surface area (Å²) < 4.78 is 26.6. The second kappa shape index (κ2) is 3.09. The largest absolute Gasteiger partial charge is 0.272 e. The van der Waals surface area contributed by atoms with Gasteiger partial charge < -0.3 is 0 Å². The molecule has 13 heavy (non-hydrogen) atoms. The Morgan fingerprint density at radius 3 is 2.23 bits per heavy atom. The third-order valence-corrected chi connectivity index (χ3v) is 1.91. The van der Waals surface area contributed by atoms with Gasteiger partial charge in [-0.05, 0) is 0 Å². The summed E-state index contributed by atoms with van der Waals surface area (Å²) in [5.41, 5.74) is 0.342. The molecule has 2 nitrogen and oxygen atoms in total. The predicted octanol–water partition coefficient (Wildman–Crippen LogP) is 2.66. The van der Waals surface area contributed by atoms with Crippen LogP contribution in [0.3, 0.4) is 0 Å². The van der Waals surface area contributed by atoms with Gasteiger partial charge in [-0.15, -0.1) is 0 Å². The monoisotopic (exact) mass is 188 g/mol. The Hall–Kier alpha value is -0.930. The molecule has 0 aliphatic rings. The lowest BCUT2D eigenvalue weighted by molar-refractivity contribution is 0.148. The number of aryl methyl sites for hydroxylation is 1. The van der Waals surface area contributed by atoms with Gasteiger partial charge in [0, 0.05) is 12.5 Å². The molecule has 1 aromatic heterocycles. The Bertz CT molecular complexity index is 297. The van der Waals surface area contributed by atoms with Gasteiger partial charge in [0.1, 0.15) is 0 Å². The summed E-state index contributed by atoms with van der Waals surface area (Å²) >= 11 is 0. The molecule has 0 amide bonds. The zero-order valence-corrected chi connectivity index (χ0v) is 8.31. The van der Waals surface area contributed by atoms with Crippen LogP contribution in [0.1, 0.15) is 38.5 Å². The first-order valence-electron chi connectivity index (χ1n) is 4.14. The molecule has 0 radical (unpaired) electrons. The van der Waals surface area contributed by atoms with Crippen LogP contribution in [0.2, 0.25) is 0 Å². The van der Waals surface area contributed by atoms with Crippen molar-refractivity contribution >= 4 is 0 Å². The lowest BCUT2D eigenvalue weighted by atomic mass is 9.89. The number of hydrogen-bond acceptors (Lipinski definition) is 1. The number of rotatable bonds is 1. The van der Waals surface area contributed by atoms with Crippen molar-refractivity contribution in [2.75, 3.05) is 0 Å². The van der Waals surface area contributed by atoms with Gasteiger partial charge in [-0.2, -0.15) is 5.10 Å². The first-order valence-corrected chi connectivity index (χ1v) is 4.14. The first kappa shape index (κ1) is 10.2. The van der Waals surface area contributed by atoms with Crippen LogP contribution in [-0.2, 0) is 12.5 Å². The van der Waals surface area contributed by atoms with Crippen LogP contribution >= 0.6 is 0 Å². The fourth-order valence-corrected chi connectivity index (χ4v) is 1.53. The molecule has 0 fully saturated rings. The highest BCUT2D eigenvalue weighted by Gasteiger charge is 2.26. The fraction of sp³-hybridized carbons (Fsp3) is 0.667. The Kier molecular flexibility index (Phi) is 2.41. The van der Waals surface area contributed by atoms with Crippen molar-refractivity contribution in [2.45, 2.75) is 32.6 Å². The lowest BCUT2D eigenvalue weighted by Crippen LogP contribution is -2.18. The molecule has 0 unspecified atom stereocenters. The number of hydrogen-bond donors (Lipinski definition) is 0. The summed E-state index contributed by atoms with van der Waals surface area (Å²) in [6, 6.07) is 0. The second-order valence-corrected chi connectivity index (χ2v) is 4.12. The van der Waals surface area contributed by atoms with E-state index in [2.05, 4.69) is 5.10 Å². The van der Waals surface area contributed by atoms with E-state index >= 15 is 0 Å². The van der Waals surface area contributed by atoms with Gasteiger partial charge in [-0.1, -0.05) is 20.8 Å². The minimum atomic E-state index is -2.44. The van der Waals surface area contributed by atoms with Crippen LogP contribution in [0.5, 0.6) is 0 Å². The maximum atomic E-state index is 12.5. The van der Waals surface area contributed by atoms with Crippen molar-refractivity contribution < 1.29 is 8.78 Å². The van der Waals surface area contributed by atoms with Gasteiger partial charge in [-0.25, -0.2) is 8.78 Å². The topological polar surface area (TPSA) is 17.8 Å². The van der Waals surface area contributed by atoms with Gasteiger partial charge in [0.2, 0.25) is 0 Å². The average molecular weight is 188 g/mol. The van der Waals surface area contributed by atoms with Gasteiger partial charge in [0.05, 0.1) is 17.5 Å². The Morgan fingerprint density at radius 2 is 1.92 bits per heavy atom. The van der Waals surface area contributed by atoms with Crippen LogP contribution in [0, 0.1) is 0 Å². The molecule has 0 aliphatic heterocycles. The molecule has 1 heterocycles. The Morgan fingerprint density at radius 1 is 1.38 bits per heavy atom. The zero-order valence-electron chi connectivity index (χ0n) is 8.31. The zero-order chi connectivity index (χ0) is 10.2. The van der Waals surface area contributed by atoms with E-state index in [1.54, 1.807) is 7.05 Å². The van der Waals surface area contributed by atoms with Gasteiger partial charge in [0.25, 0.3) is 6.43 Å². The Balaban J connectivity index is 3.25. The molecule has 1 rings (SSSR count). The third-order valence-electron chi connectivity index (χ3n) is 1.91. The highest BCUT2D eigenvalue weighted by Crippen LogP contribution is 2.31. The molecular weight excluding hydrogens is 174 g/mol. The van der Waals surface area contributed by atoms with Crippen LogP contribution < -0.4 is 0 Å². The van der Waals surface area contributed by atoms with Crippen molar-refractivity contribution in [2.24, 2.45) is 7.05 Å². The van der Waals surface area contributed by atoms with Crippen molar-refractivity contribution in [3.05, 3.63) is 17.5 Å². The van der Waals surface area contributed by atoms with E-state index in [0.29, 0.717) is 5.69 Å². The standard InChI is InChI=1S/C9H14F2N2/c1-9(2,3)7-6(8(10)11)5-12-13(7)4/h5,8H,1-4H3. The molecule has 0 spiro atoms. The van der Waals surface area contributed by atoms with Crippen LogP contribution in [0.4, 0.5) is 8.78 Å². The Labute approximate surface area is 76.6 Å². The molecule has 74 valence electrons. The maximum Gasteiger partial charge on any atom is 0.267 e. The number of nitrogens with zero attached hydrogens (tertiary/aromatic N) is 2. The number of alkyl halides is 2. The first-order chi connectivity index (χ1) is 5.84. The summed E-state index contributed by atoms with van der Waals surface area (Å²) in [7, 11) is 1.69. The number of aromatic nitrogens is 2. The predicted molar refractivity (Wildman–Crippen MR) is 46.9 cm³/mol. The average Bonchev–Trinajstić information content (AvgIpc) is 2.28. The molecule has 0 saturated carbocycles. The SMILES string of the molecule is Cn1ncc(C(F)F)c1C(C)(C)C. The van der Waals surface area contributed by atoms with Crippen molar-refractivity contribution in [3.63, 3.8) is 0 Å². The molecule has 0 aromatic carbocycles. The maximum absolute atomic E-state index is 12.5. The molecule has 4 heteroatoms. The van der Waals surface area contributed by atoms with E-state index in [1.165, 1.54) is 10.9 Å². The normalized spacial score (nSPS) is 12.5. The molecule has 0 aliphatic carbocycles. The molecule has 0 atom stereocenters. The molecule has 0 bridgehead atoms. The van der Waals surface area contributed by atoms with Gasteiger partial charge >= 0.3 is 0 Å². The van der Waals surface area contributed by atoms with E-state index in [-0.39, 0.29) is 11.0 Å². The fourth-order valence-electron chi connectivity index (χ4n) is 1.53. The van der Waals surface area contributed by atoms with E-state index in [0.717, 1.165) is 0 Å². The number of halogens is 2. The van der Waals surface area contributed by atoms with E-state index in [9.17, 15) is 8.78 Å². The van der Waals surface area contributed by atoms with Crippen molar-refractivity contribution in [1.29, 1.82) is 0 Å². The second-order valence-electron chi connectivity index (χ2n) is 4.12. The minimum absolute atomic E-state index is 0.0370. The van der Waals surface area contributed by atoms with E-state index in [1.807, 2.05) is 20.8 Å². The van der Waals surface area contributed by atoms with Gasteiger partial charge in [-0.3, -0.25) is 4.68 Å². The minimum Gasteiger partial charge on any atom is -0.272 e. The highest BCUT2D eigenvalue weighted by molar-refractivity contribution is 5.25. The quantitative estimate of drug-likeness (QED) is 0.662. The van der Waals surface area contributed by atoms with Crippen LogP contribution in [0.25, 0.3) is 0 Å². The van der Waals surface area contributed by atoms with E-state index < -0.39 is 6.43 Å². The smallest absolute Gasteiger partial charge is 0.267 e. The summed E-state index contributed by atoms with van der Waals surface area (Å²) in [5.74, 6) is 0.